The number of hydrogen-bond donors (Lipinski definition) is 2. The number of amides is 1. The van der Waals surface area contributed by atoms with Gasteiger partial charge in [0.2, 0.25) is 11.9 Å². The van der Waals surface area contributed by atoms with Crippen LogP contribution in [0.5, 0.6) is 0 Å². The fourth-order valence-electron chi connectivity index (χ4n) is 3.33. The Morgan fingerprint density at radius 1 is 1.50 bits per heavy atom. The van der Waals surface area contributed by atoms with E-state index in [0.717, 1.165) is 24.5 Å². The summed E-state index contributed by atoms with van der Waals surface area (Å²) in [6.45, 7) is 3.85. The minimum absolute atomic E-state index is 0.122. The molecule has 0 unspecified atom stereocenters. The number of nitrogens with one attached hydrogen (secondary N) is 1. The lowest BCUT2D eigenvalue weighted by atomic mass is 10.2. The molecule has 0 saturated carbocycles. The van der Waals surface area contributed by atoms with Crippen molar-refractivity contribution in [2.45, 2.75) is 38.8 Å². The molecule has 1 saturated heterocycles. The fraction of sp³-hybridized carbons (Fsp3) is 0.500. The Hall–Kier alpha value is -2.61. The van der Waals surface area contributed by atoms with Crippen molar-refractivity contribution in [3.63, 3.8) is 0 Å². The van der Waals surface area contributed by atoms with Crippen LogP contribution in [0.25, 0.3) is 0 Å². The van der Waals surface area contributed by atoms with Gasteiger partial charge in [0, 0.05) is 44.6 Å². The van der Waals surface area contributed by atoms with E-state index in [9.17, 15) is 9.59 Å². The lowest BCUT2D eigenvalue weighted by Gasteiger charge is -2.24. The number of carbonyl (C=O) groups excluding carboxylic acids is 1. The van der Waals surface area contributed by atoms with Crippen LogP contribution in [0.3, 0.4) is 0 Å². The first-order valence-electron chi connectivity index (χ1n) is 8.80. The number of furan rings is 1. The van der Waals surface area contributed by atoms with E-state index in [1.165, 1.54) is 6.07 Å². The number of anilines is 1. The summed E-state index contributed by atoms with van der Waals surface area (Å²) < 4.78 is 5.52. The number of rotatable bonds is 6. The molecule has 0 bridgehead atoms. The molecule has 26 heavy (non-hydrogen) atoms. The summed E-state index contributed by atoms with van der Waals surface area (Å²) in [5.74, 6) is 1.98. The van der Waals surface area contributed by atoms with E-state index in [4.69, 9.17) is 10.2 Å². The van der Waals surface area contributed by atoms with Gasteiger partial charge in [-0.05, 0) is 32.5 Å². The predicted octanol–water partition coefficient (Wildman–Crippen LogP) is 0.919. The zero-order valence-corrected chi connectivity index (χ0v) is 15.2. The number of aromatic amines is 1. The Bertz CT molecular complexity index is 828. The molecule has 8 heteroatoms. The zero-order chi connectivity index (χ0) is 18.7. The van der Waals surface area contributed by atoms with Crippen molar-refractivity contribution in [3.05, 3.63) is 45.8 Å². The van der Waals surface area contributed by atoms with Crippen LogP contribution in [0, 0.1) is 6.92 Å². The average molecular weight is 359 g/mol. The van der Waals surface area contributed by atoms with Gasteiger partial charge in [0.25, 0.3) is 5.56 Å². The molecule has 8 nitrogen and oxygen atoms in total. The lowest BCUT2D eigenvalue weighted by molar-refractivity contribution is -0.130. The van der Waals surface area contributed by atoms with Crippen LogP contribution >= 0.6 is 0 Å². The molecule has 0 radical (unpaired) electrons. The molecule has 1 atom stereocenters. The summed E-state index contributed by atoms with van der Waals surface area (Å²) in [6, 6.07) is 5.53. The molecule has 3 rings (SSSR count). The summed E-state index contributed by atoms with van der Waals surface area (Å²) in [6.07, 6.45) is 1.98. The zero-order valence-electron chi connectivity index (χ0n) is 15.2. The number of carbonyl (C=O) groups is 1. The second-order valence-corrected chi connectivity index (χ2v) is 6.83. The molecule has 0 aliphatic carbocycles. The largest absolute Gasteiger partial charge is 0.466 e. The van der Waals surface area contributed by atoms with Gasteiger partial charge >= 0.3 is 0 Å². The lowest BCUT2D eigenvalue weighted by Crippen LogP contribution is -2.36. The molecular formula is C18H25N5O3. The number of likely N-dealkylation sites (N-methyl/N-ethyl adjacent to an activating group) is 1. The van der Waals surface area contributed by atoms with Gasteiger partial charge in [-0.3, -0.25) is 19.5 Å². The molecule has 2 aromatic heterocycles. The molecule has 140 valence electrons. The van der Waals surface area contributed by atoms with Crippen molar-refractivity contribution < 1.29 is 9.21 Å². The van der Waals surface area contributed by atoms with Gasteiger partial charge in [-0.25, -0.2) is 4.98 Å². The van der Waals surface area contributed by atoms with Crippen molar-refractivity contribution >= 4 is 11.9 Å². The van der Waals surface area contributed by atoms with Crippen LogP contribution in [-0.4, -0.2) is 51.9 Å². The van der Waals surface area contributed by atoms with Gasteiger partial charge in [0.05, 0.1) is 5.69 Å². The molecule has 1 aliphatic heterocycles. The van der Waals surface area contributed by atoms with E-state index >= 15 is 0 Å². The third kappa shape index (κ3) is 4.51. The standard InChI is InChI=1S/C18H25N5O3/c1-12-3-4-15(26-12)5-6-17(25)23-8-7-14(11-23)22(2)10-13-9-16(24)21-18(19)20-13/h3-4,9,14H,5-8,10-11H2,1-2H3,(H3,19,20,21,24)/t14-/m0/s1. The Labute approximate surface area is 152 Å². The molecule has 3 N–H and O–H groups in total. The highest BCUT2D eigenvalue weighted by molar-refractivity contribution is 5.76. The summed E-state index contributed by atoms with van der Waals surface area (Å²) in [7, 11) is 1.98. The molecule has 3 heterocycles. The maximum absolute atomic E-state index is 12.4. The number of hydrogen-bond acceptors (Lipinski definition) is 6. The summed E-state index contributed by atoms with van der Waals surface area (Å²) in [4.78, 5) is 34.5. The van der Waals surface area contributed by atoms with Crippen molar-refractivity contribution in [3.8, 4) is 0 Å². The quantitative estimate of drug-likeness (QED) is 0.794. The highest BCUT2D eigenvalue weighted by Crippen LogP contribution is 2.18. The van der Waals surface area contributed by atoms with E-state index in [0.29, 0.717) is 31.6 Å². The first kappa shape index (κ1) is 18.2. The van der Waals surface area contributed by atoms with Crippen LogP contribution in [0.1, 0.15) is 30.1 Å². The van der Waals surface area contributed by atoms with Gasteiger partial charge < -0.3 is 15.1 Å². The second-order valence-electron chi connectivity index (χ2n) is 6.83. The molecule has 0 spiro atoms. The molecule has 1 amide bonds. The Morgan fingerprint density at radius 3 is 3.00 bits per heavy atom. The van der Waals surface area contributed by atoms with Gasteiger partial charge in [0.1, 0.15) is 11.5 Å². The van der Waals surface area contributed by atoms with Crippen LogP contribution in [0.2, 0.25) is 0 Å². The van der Waals surface area contributed by atoms with Gasteiger partial charge in [-0.15, -0.1) is 0 Å². The van der Waals surface area contributed by atoms with E-state index in [1.54, 1.807) is 0 Å². The maximum atomic E-state index is 12.4. The summed E-state index contributed by atoms with van der Waals surface area (Å²) in [5.41, 5.74) is 5.97. The first-order valence-corrected chi connectivity index (χ1v) is 8.80. The van der Waals surface area contributed by atoms with Crippen LogP contribution in [0.4, 0.5) is 5.95 Å². The fourth-order valence-corrected chi connectivity index (χ4v) is 3.33. The Kier molecular flexibility index (Phi) is 5.41. The predicted molar refractivity (Wildman–Crippen MR) is 97.5 cm³/mol. The van der Waals surface area contributed by atoms with Crippen molar-refractivity contribution in [2.24, 2.45) is 0 Å². The van der Waals surface area contributed by atoms with Crippen molar-refractivity contribution in [1.29, 1.82) is 0 Å². The molecular weight excluding hydrogens is 334 g/mol. The van der Waals surface area contributed by atoms with Gasteiger partial charge in [0.15, 0.2) is 0 Å². The molecule has 1 fully saturated rings. The Balaban J connectivity index is 1.50. The number of aryl methyl sites for hydroxylation is 2. The third-order valence-electron chi connectivity index (χ3n) is 4.75. The number of nitrogens with two attached hydrogens (primary N) is 1. The number of nitrogen functional groups attached to an aromatic ring is 1. The minimum Gasteiger partial charge on any atom is -0.466 e. The minimum atomic E-state index is -0.253. The van der Waals surface area contributed by atoms with Crippen LogP contribution in [0.15, 0.2) is 27.4 Å². The number of nitrogens with zero attached hydrogens (tertiary/aromatic N) is 3. The highest BCUT2D eigenvalue weighted by atomic mass is 16.3. The average Bonchev–Trinajstić information content (AvgIpc) is 3.20. The van der Waals surface area contributed by atoms with Crippen LogP contribution in [-0.2, 0) is 17.8 Å². The summed E-state index contributed by atoms with van der Waals surface area (Å²) >= 11 is 0. The topological polar surface area (TPSA) is 108 Å². The molecule has 0 aromatic carbocycles. The van der Waals surface area contributed by atoms with E-state index in [1.807, 2.05) is 31.0 Å². The van der Waals surface area contributed by atoms with E-state index in [-0.39, 0.29) is 23.5 Å². The van der Waals surface area contributed by atoms with Gasteiger partial charge in [-0.1, -0.05) is 0 Å². The summed E-state index contributed by atoms with van der Waals surface area (Å²) in [5, 5.41) is 0. The third-order valence-corrected chi connectivity index (χ3v) is 4.75. The smallest absolute Gasteiger partial charge is 0.252 e. The molecule has 2 aromatic rings. The molecule has 1 aliphatic rings. The van der Waals surface area contributed by atoms with E-state index in [2.05, 4.69) is 14.9 Å². The number of H-pyrrole nitrogens is 1. The van der Waals surface area contributed by atoms with Crippen molar-refractivity contribution in [1.82, 2.24) is 19.8 Å². The normalized spacial score (nSPS) is 17.2. The van der Waals surface area contributed by atoms with Gasteiger partial charge in [-0.2, -0.15) is 0 Å². The Morgan fingerprint density at radius 2 is 2.31 bits per heavy atom. The highest BCUT2D eigenvalue weighted by Gasteiger charge is 2.28. The monoisotopic (exact) mass is 359 g/mol. The second kappa shape index (κ2) is 7.74. The number of aromatic nitrogens is 2. The SMILES string of the molecule is Cc1ccc(CCC(=O)N2CC[C@H](N(C)Cc3cc(=O)[nH]c(N)n3)C2)o1. The maximum Gasteiger partial charge on any atom is 0.252 e. The first-order chi connectivity index (χ1) is 12.4. The van der Waals surface area contributed by atoms with Crippen LogP contribution < -0.4 is 11.3 Å². The van der Waals surface area contributed by atoms with E-state index < -0.39 is 0 Å². The van der Waals surface area contributed by atoms with Crippen molar-refractivity contribution in [2.75, 3.05) is 25.9 Å². The number of likely N-dealkylation sites (tertiary alicyclic amines) is 1.